The van der Waals surface area contributed by atoms with E-state index in [1.807, 2.05) is 31.2 Å². The monoisotopic (exact) mass is 523 g/mol. The third kappa shape index (κ3) is 5.79. The van der Waals surface area contributed by atoms with Gasteiger partial charge < -0.3 is 10.1 Å². The smallest absolute Gasteiger partial charge is 0.338 e. The second-order valence-electron chi connectivity index (χ2n) is 10.6. The van der Waals surface area contributed by atoms with Crippen LogP contribution in [0.4, 0.5) is 10.5 Å². The fourth-order valence-corrected chi connectivity index (χ4v) is 7.42. The highest BCUT2D eigenvalue weighted by atomic mass is 32.2. The zero-order chi connectivity index (χ0) is 26.2. The van der Waals surface area contributed by atoms with Crippen molar-refractivity contribution in [1.29, 1.82) is 0 Å². The number of hydrogen-bond acceptors (Lipinski definition) is 7. The lowest BCUT2D eigenvalue weighted by atomic mass is 9.53. The molecule has 4 aliphatic carbocycles. The van der Waals surface area contributed by atoms with E-state index >= 15 is 0 Å². The zero-order valence-corrected chi connectivity index (χ0v) is 21.3. The molecule has 0 heterocycles. The molecular formula is C27H29N3O6S. The molecule has 4 aliphatic rings. The highest BCUT2D eigenvalue weighted by Crippen LogP contribution is 2.55. The quantitative estimate of drug-likeness (QED) is 0.297. The van der Waals surface area contributed by atoms with Gasteiger partial charge in [0.1, 0.15) is 0 Å². The SMILES string of the molecule is Cc1ccc(Sc2ccc(C(=O)OCC(=O)NC(=O)NC34CC5CC(CC(C5)C3)C4)cc2[N+](=O)[O-])cc1. The van der Waals surface area contributed by atoms with E-state index in [0.29, 0.717) is 22.6 Å². The summed E-state index contributed by atoms with van der Waals surface area (Å²) in [6.07, 6.45) is 6.56. The number of amides is 3. The van der Waals surface area contributed by atoms with E-state index in [4.69, 9.17) is 4.74 Å². The van der Waals surface area contributed by atoms with Gasteiger partial charge >= 0.3 is 12.0 Å². The largest absolute Gasteiger partial charge is 0.452 e. The molecule has 0 saturated heterocycles. The van der Waals surface area contributed by atoms with Gasteiger partial charge in [-0.05, 0) is 87.5 Å². The fraction of sp³-hybridized carbons (Fsp3) is 0.444. The van der Waals surface area contributed by atoms with Gasteiger partial charge in [0.25, 0.3) is 11.6 Å². The first kappa shape index (κ1) is 25.3. The van der Waals surface area contributed by atoms with Crippen LogP contribution >= 0.6 is 11.8 Å². The maximum Gasteiger partial charge on any atom is 0.338 e. The average molecular weight is 524 g/mol. The highest BCUT2D eigenvalue weighted by Gasteiger charge is 2.51. The van der Waals surface area contributed by atoms with Crippen LogP contribution in [0.25, 0.3) is 0 Å². The summed E-state index contributed by atoms with van der Waals surface area (Å²) < 4.78 is 5.03. The van der Waals surface area contributed by atoms with Crippen molar-refractivity contribution >= 4 is 35.4 Å². The number of esters is 1. The Kier molecular flexibility index (Phi) is 6.94. The molecular weight excluding hydrogens is 494 g/mol. The molecule has 4 bridgehead atoms. The molecule has 9 nitrogen and oxygen atoms in total. The first-order valence-electron chi connectivity index (χ1n) is 12.5. The molecule has 37 heavy (non-hydrogen) atoms. The Morgan fingerprint density at radius 3 is 2.24 bits per heavy atom. The maximum absolute atomic E-state index is 12.5. The number of nitrogens with one attached hydrogen (secondary N) is 2. The summed E-state index contributed by atoms with van der Waals surface area (Å²) in [6.45, 7) is 1.29. The lowest BCUT2D eigenvalue weighted by molar-refractivity contribution is -0.387. The fourth-order valence-electron chi connectivity index (χ4n) is 6.52. The van der Waals surface area contributed by atoms with Crippen LogP contribution in [0, 0.1) is 34.8 Å². The van der Waals surface area contributed by atoms with Gasteiger partial charge in [0.2, 0.25) is 0 Å². The molecule has 194 valence electrons. The summed E-state index contributed by atoms with van der Waals surface area (Å²) in [5, 5.41) is 16.9. The number of imide groups is 1. The van der Waals surface area contributed by atoms with Gasteiger partial charge in [0, 0.05) is 16.5 Å². The van der Waals surface area contributed by atoms with Gasteiger partial charge in [-0.3, -0.25) is 20.2 Å². The van der Waals surface area contributed by atoms with E-state index in [9.17, 15) is 24.5 Å². The summed E-state index contributed by atoms with van der Waals surface area (Å²) in [4.78, 5) is 49.5. The summed E-state index contributed by atoms with van der Waals surface area (Å²) >= 11 is 1.22. The number of ether oxygens (including phenoxy) is 1. The zero-order valence-electron chi connectivity index (χ0n) is 20.5. The third-order valence-corrected chi connectivity index (χ3v) is 8.72. The van der Waals surface area contributed by atoms with Crippen LogP contribution in [0.2, 0.25) is 0 Å². The van der Waals surface area contributed by atoms with Gasteiger partial charge in [-0.1, -0.05) is 29.5 Å². The van der Waals surface area contributed by atoms with Gasteiger partial charge in [0.15, 0.2) is 6.61 Å². The topological polar surface area (TPSA) is 128 Å². The van der Waals surface area contributed by atoms with Crippen LogP contribution in [0.5, 0.6) is 0 Å². The Hall–Kier alpha value is -3.40. The number of nitro groups is 1. The molecule has 2 aromatic carbocycles. The molecule has 6 rings (SSSR count). The van der Waals surface area contributed by atoms with Gasteiger partial charge in [-0.25, -0.2) is 9.59 Å². The van der Waals surface area contributed by atoms with E-state index in [1.54, 1.807) is 0 Å². The molecule has 4 fully saturated rings. The summed E-state index contributed by atoms with van der Waals surface area (Å²) in [5.41, 5.74) is 0.545. The standard InChI is InChI=1S/C27H29N3O6S/c1-16-2-5-21(6-3-16)37-23-7-4-20(11-22(23)30(34)35)25(32)36-15-24(31)28-26(33)29-27-12-17-8-18(13-27)10-19(9-17)14-27/h2-7,11,17-19H,8-10,12-15H2,1H3,(H2,28,29,31,33). The highest BCUT2D eigenvalue weighted by molar-refractivity contribution is 7.99. The van der Waals surface area contributed by atoms with Crippen molar-refractivity contribution in [1.82, 2.24) is 10.6 Å². The van der Waals surface area contributed by atoms with Crippen molar-refractivity contribution in [2.75, 3.05) is 6.61 Å². The number of nitrogens with zero attached hydrogens (tertiary/aromatic N) is 1. The Labute approximate surface area is 218 Å². The lowest BCUT2D eigenvalue weighted by Gasteiger charge is -2.56. The van der Waals surface area contributed by atoms with Crippen LogP contribution in [-0.2, 0) is 9.53 Å². The number of nitro benzene ring substituents is 1. The number of rotatable bonds is 7. The number of carbonyl (C=O) groups excluding carboxylic acids is 3. The molecule has 0 unspecified atom stereocenters. The summed E-state index contributed by atoms with van der Waals surface area (Å²) in [7, 11) is 0. The van der Waals surface area contributed by atoms with Crippen LogP contribution in [0.3, 0.4) is 0 Å². The minimum atomic E-state index is -0.883. The Morgan fingerprint density at radius 2 is 1.65 bits per heavy atom. The van der Waals surface area contributed by atoms with Crippen molar-refractivity contribution in [2.24, 2.45) is 17.8 Å². The molecule has 10 heteroatoms. The van der Waals surface area contributed by atoms with Gasteiger partial charge in [-0.15, -0.1) is 0 Å². The van der Waals surface area contributed by atoms with Crippen molar-refractivity contribution in [2.45, 2.75) is 60.8 Å². The van der Waals surface area contributed by atoms with Crippen molar-refractivity contribution < 1.29 is 24.0 Å². The first-order valence-corrected chi connectivity index (χ1v) is 13.3. The van der Waals surface area contributed by atoms with Crippen molar-refractivity contribution in [3.8, 4) is 0 Å². The number of carbonyl (C=O) groups is 3. The summed E-state index contributed by atoms with van der Waals surface area (Å²) in [5.74, 6) is 0.306. The molecule has 0 aromatic heterocycles. The van der Waals surface area contributed by atoms with Crippen LogP contribution < -0.4 is 10.6 Å². The molecule has 4 saturated carbocycles. The normalized spacial score (nSPS) is 25.4. The number of urea groups is 1. The van der Waals surface area contributed by atoms with Gasteiger partial charge in [-0.2, -0.15) is 0 Å². The average Bonchev–Trinajstić information content (AvgIpc) is 2.82. The number of benzene rings is 2. The van der Waals surface area contributed by atoms with Crippen molar-refractivity contribution in [3.05, 3.63) is 63.7 Å². The molecule has 0 aliphatic heterocycles. The minimum Gasteiger partial charge on any atom is -0.452 e. The molecule has 2 N–H and O–H groups in total. The molecule has 0 atom stereocenters. The van der Waals surface area contributed by atoms with E-state index < -0.39 is 29.4 Å². The van der Waals surface area contributed by atoms with E-state index in [1.165, 1.54) is 43.2 Å². The molecule has 2 aromatic rings. The Bertz CT molecular complexity index is 1210. The van der Waals surface area contributed by atoms with Crippen molar-refractivity contribution in [3.63, 3.8) is 0 Å². The Balaban J connectivity index is 1.15. The minimum absolute atomic E-state index is 0.0502. The van der Waals surface area contributed by atoms with Crippen LogP contribution in [0.15, 0.2) is 52.3 Å². The second-order valence-corrected chi connectivity index (χ2v) is 11.7. The predicted octanol–water partition coefficient (Wildman–Crippen LogP) is 5.01. The van der Waals surface area contributed by atoms with E-state index in [0.717, 1.165) is 35.8 Å². The molecule has 3 amide bonds. The van der Waals surface area contributed by atoms with E-state index in [-0.39, 0.29) is 16.8 Å². The Morgan fingerprint density at radius 1 is 1.03 bits per heavy atom. The predicted molar refractivity (Wildman–Crippen MR) is 136 cm³/mol. The second kappa shape index (κ2) is 10.2. The van der Waals surface area contributed by atoms with Crippen LogP contribution in [-0.4, -0.2) is 35.0 Å². The van der Waals surface area contributed by atoms with Crippen LogP contribution in [0.1, 0.15) is 54.4 Å². The number of hydrogen-bond donors (Lipinski definition) is 2. The van der Waals surface area contributed by atoms with E-state index in [2.05, 4.69) is 10.6 Å². The maximum atomic E-state index is 12.5. The number of aryl methyl sites for hydroxylation is 1. The van der Waals surface area contributed by atoms with Gasteiger partial charge in [0.05, 0.1) is 15.4 Å². The third-order valence-electron chi connectivity index (χ3n) is 7.64. The first-order chi connectivity index (χ1) is 17.7. The summed E-state index contributed by atoms with van der Waals surface area (Å²) in [6, 6.07) is 11.0. The molecule has 0 radical (unpaired) electrons. The lowest BCUT2D eigenvalue weighted by Crippen LogP contribution is -2.62. The molecule has 0 spiro atoms.